The highest BCUT2D eigenvalue weighted by Gasteiger charge is 2.50. The third kappa shape index (κ3) is 6.32. The molecule has 0 N–H and O–H groups in total. The molecule has 15 heteroatoms. The smallest absolute Gasteiger partial charge is 0.410 e. The average Bonchev–Trinajstić information content (AvgIpc) is 3.74. The zero-order valence-electron chi connectivity index (χ0n) is 30.6. The van der Waals surface area contributed by atoms with E-state index in [1.54, 1.807) is 36.6 Å². The maximum atomic E-state index is 17.2. The number of hydrogen-bond acceptors (Lipinski definition) is 9. The van der Waals surface area contributed by atoms with Crippen LogP contribution in [0.1, 0.15) is 52.9 Å². The van der Waals surface area contributed by atoms with E-state index in [2.05, 4.69) is 9.97 Å². The van der Waals surface area contributed by atoms with Crippen LogP contribution in [0.2, 0.25) is 0 Å². The number of carbonyl (C=O) groups excluding carboxylic acids is 1. The van der Waals surface area contributed by atoms with Gasteiger partial charge in [0.15, 0.2) is 24.2 Å². The number of benzene rings is 3. The topological polar surface area (TPSA) is 89.5 Å². The molecule has 1 amide bonds. The summed E-state index contributed by atoms with van der Waals surface area (Å²) < 4.78 is 103. The Bertz CT molecular complexity index is 2120. The SMILES string of the molecule is COCOc1cc(-c2c(F)c(F)c3c(N4CC5CCC(C4)N5C(=O)OC(C)(C)C)nc(OC[C@@]45CCCN4C[C@H](F)C5)nc3c2F)c2c(F)cccc2c1. The first-order chi connectivity index (χ1) is 25.8. The molecular formula is C39H42F5N5O5. The average molecular weight is 756 g/mol. The van der Waals surface area contributed by atoms with Crippen molar-refractivity contribution in [2.45, 2.75) is 82.3 Å². The highest BCUT2D eigenvalue weighted by molar-refractivity contribution is 6.02. The summed E-state index contributed by atoms with van der Waals surface area (Å²) in [5, 5.41) is -0.415. The number of halogens is 5. The second kappa shape index (κ2) is 13.7. The molecule has 4 aliphatic rings. The van der Waals surface area contributed by atoms with Gasteiger partial charge >= 0.3 is 12.1 Å². The first-order valence-corrected chi connectivity index (χ1v) is 18.3. The van der Waals surface area contributed by atoms with Gasteiger partial charge in [-0.25, -0.2) is 26.7 Å². The van der Waals surface area contributed by atoms with Crippen molar-refractivity contribution in [2.24, 2.45) is 0 Å². The molecule has 4 aliphatic heterocycles. The van der Waals surface area contributed by atoms with Crippen molar-refractivity contribution >= 4 is 33.6 Å². The Morgan fingerprint density at radius 3 is 2.44 bits per heavy atom. The van der Waals surface area contributed by atoms with Gasteiger partial charge in [-0.1, -0.05) is 12.1 Å². The molecule has 0 radical (unpaired) electrons. The number of anilines is 1. The Hall–Kier alpha value is -4.50. The second-order valence-electron chi connectivity index (χ2n) is 15.8. The molecule has 0 aliphatic carbocycles. The fourth-order valence-corrected chi connectivity index (χ4v) is 8.85. The summed E-state index contributed by atoms with van der Waals surface area (Å²) >= 11 is 0. The fourth-order valence-electron chi connectivity index (χ4n) is 8.85. The molecule has 2 unspecified atom stereocenters. The summed E-state index contributed by atoms with van der Waals surface area (Å²) in [6.07, 6.45) is 1.54. The van der Waals surface area contributed by atoms with Gasteiger partial charge in [0, 0.05) is 44.1 Å². The number of hydrogen-bond donors (Lipinski definition) is 0. The molecule has 5 heterocycles. The lowest BCUT2D eigenvalue weighted by molar-refractivity contribution is 0.0122. The van der Waals surface area contributed by atoms with E-state index in [1.807, 2.05) is 4.90 Å². The van der Waals surface area contributed by atoms with Gasteiger partial charge in [-0.3, -0.25) is 9.80 Å². The lowest BCUT2D eigenvalue weighted by Gasteiger charge is -2.42. The number of carbonyl (C=O) groups is 1. The summed E-state index contributed by atoms with van der Waals surface area (Å²) in [7, 11) is 1.39. The highest BCUT2D eigenvalue weighted by atomic mass is 19.2. The molecule has 4 fully saturated rings. The molecule has 0 spiro atoms. The summed E-state index contributed by atoms with van der Waals surface area (Å²) in [6, 6.07) is 5.85. The fraction of sp³-hybridized carbons (Fsp3) is 0.513. The molecule has 0 saturated carbocycles. The Morgan fingerprint density at radius 1 is 0.963 bits per heavy atom. The molecule has 4 saturated heterocycles. The number of ether oxygens (including phenoxy) is 4. The van der Waals surface area contributed by atoms with E-state index in [-0.39, 0.29) is 85.5 Å². The number of nitrogens with zero attached hydrogens (tertiary/aromatic N) is 5. The number of rotatable bonds is 8. The molecule has 4 atom stereocenters. The largest absolute Gasteiger partial charge is 0.468 e. The maximum absolute atomic E-state index is 17.2. The summed E-state index contributed by atoms with van der Waals surface area (Å²) in [5.74, 6) is -5.04. The van der Waals surface area contributed by atoms with E-state index in [0.29, 0.717) is 25.8 Å². The highest BCUT2D eigenvalue weighted by Crippen LogP contribution is 2.45. The van der Waals surface area contributed by atoms with Crippen molar-refractivity contribution < 1.29 is 45.7 Å². The van der Waals surface area contributed by atoms with Crippen molar-refractivity contribution in [3.05, 3.63) is 53.6 Å². The van der Waals surface area contributed by atoms with E-state index in [4.69, 9.17) is 18.9 Å². The summed E-state index contributed by atoms with van der Waals surface area (Å²) in [5.41, 5.74) is -3.04. The molecule has 3 aromatic carbocycles. The Kier molecular flexibility index (Phi) is 9.23. The maximum Gasteiger partial charge on any atom is 0.410 e. The number of methoxy groups -OCH3 is 1. The zero-order valence-corrected chi connectivity index (χ0v) is 30.6. The van der Waals surface area contributed by atoms with E-state index in [9.17, 15) is 9.18 Å². The molecule has 10 nitrogen and oxygen atoms in total. The lowest BCUT2D eigenvalue weighted by Crippen LogP contribution is -2.57. The zero-order chi connectivity index (χ0) is 38.1. The molecule has 288 valence electrons. The van der Waals surface area contributed by atoms with Gasteiger partial charge in [0.05, 0.1) is 28.6 Å². The quantitative estimate of drug-likeness (QED) is 0.103. The number of alkyl halides is 1. The number of piperazine rings is 1. The monoisotopic (exact) mass is 755 g/mol. The Labute approximate surface area is 309 Å². The lowest BCUT2D eigenvalue weighted by atomic mass is 9.94. The molecule has 8 rings (SSSR count). The van der Waals surface area contributed by atoms with Gasteiger partial charge in [-0.15, -0.1) is 0 Å². The predicted molar refractivity (Wildman–Crippen MR) is 190 cm³/mol. The van der Waals surface area contributed by atoms with Gasteiger partial charge in [0.25, 0.3) is 0 Å². The Morgan fingerprint density at radius 2 is 1.72 bits per heavy atom. The molecular weight excluding hydrogens is 713 g/mol. The Balaban J connectivity index is 1.27. The van der Waals surface area contributed by atoms with Crippen molar-refractivity contribution in [2.75, 3.05) is 51.6 Å². The second-order valence-corrected chi connectivity index (χ2v) is 15.8. The third-order valence-corrected chi connectivity index (χ3v) is 11.1. The van der Waals surface area contributed by atoms with Gasteiger partial charge in [0.2, 0.25) is 0 Å². The van der Waals surface area contributed by atoms with Crippen molar-refractivity contribution in [1.82, 2.24) is 19.8 Å². The molecule has 2 bridgehead atoms. The molecule has 54 heavy (non-hydrogen) atoms. The summed E-state index contributed by atoms with van der Waals surface area (Å²) in [4.78, 5) is 27.6. The molecule has 1 aromatic heterocycles. The number of fused-ring (bicyclic) bond motifs is 5. The van der Waals surface area contributed by atoms with E-state index in [0.717, 1.165) is 12.5 Å². The number of amides is 1. The van der Waals surface area contributed by atoms with Crippen LogP contribution in [0.5, 0.6) is 11.8 Å². The van der Waals surface area contributed by atoms with Crippen LogP contribution in [-0.4, -0.2) is 102 Å². The van der Waals surface area contributed by atoms with Crippen LogP contribution in [0.15, 0.2) is 30.3 Å². The van der Waals surface area contributed by atoms with Gasteiger partial charge in [-0.05, 0) is 76.6 Å². The van der Waals surface area contributed by atoms with Crippen molar-refractivity contribution in [1.29, 1.82) is 0 Å². The van der Waals surface area contributed by atoms with Gasteiger partial charge in [-0.2, -0.15) is 9.97 Å². The summed E-state index contributed by atoms with van der Waals surface area (Å²) in [6.45, 7) is 6.45. The first-order valence-electron chi connectivity index (χ1n) is 18.3. The minimum absolute atomic E-state index is 0.00290. The first kappa shape index (κ1) is 36.5. The van der Waals surface area contributed by atoms with Gasteiger partial charge in [0.1, 0.15) is 41.3 Å². The molecule has 4 aromatic rings. The van der Waals surface area contributed by atoms with Crippen LogP contribution in [0.25, 0.3) is 32.8 Å². The van der Waals surface area contributed by atoms with Crippen LogP contribution < -0.4 is 14.4 Å². The minimum Gasteiger partial charge on any atom is -0.468 e. The van der Waals surface area contributed by atoms with Crippen molar-refractivity contribution in [3.8, 4) is 22.9 Å². The van der Waals surface area contributed by atoms with E-state index >= 15 is 17.6 Å². The van der Waals surface area contributed by atoms with Crippen LogP contribution >= 0.6 is 0 Å². The van der Waals surface area contributed by atoms with Crippen LogP contribution in [0.3, 0.4) is 0 Å². The van der Waals surface area contributed by atoms with Crippen LogP contribution in [-0.2, 0) is 9.47 Å². The number of aromatic nitrogens is 2. The predicted octanol–water partition coefficient (Wildman–Crippen LogP) is 7.53. The van der Waals surface area contributed by atoms with Crippen molar-refractivity contribution in [3.63, 3.8) is 0 Å². The minimum atomic E-state index is -1.57. The van der Waals surface area contributed by atoms with Crippen LogP contribution in [0, 0.1) is 23.3 Å². The third-order valence-electron chi connectivity index (χ3n) is 11.1. The van der Waals surface area contributed by atoms with E-state index < -0.39 is 63.1 Å². The normalized spacial score (nSPS) is 24.1. The standard InChI is InChI=1S/C39H42F5N5O5/c1-38(2,3)54-37(50)49-23-9-10-24(49)18-47(17-23)35-30-32(43)31(42)29(26-14-25(53-20-51-4)13-21-7-5-8-27(41)28(21)26)33(44)34(30)45-36(46-35)52-19-39-11-6-12-48(39)16-22(40)15-39/h5,7-8,13-14,22-24H,6,9-12,15-20H2,1-4H3/t22-,23?,24?,39+/m1/s1. The van der Waals surface area contributed by atoms with Crippen LogP contribution in [0.4, 0.5) is 32.6 Å². The van der Waals surface area contributed by atoms with Gasteiger partial charge < -0.3 is 23.8 Å². The van der Waals surface area contributed by atoms with E-state index in [1.165, 1.54) is 25.3 Å².